The van der Waals surface area contributed by atoms with Crippen molar-refractivity contribution in [1.29, 1.82) is 0 Å². The van der Waals surface area contributed by atoms with Gasteiger partial charge in [-0.05, 0) is 63.8 Å². The van der Waals surface area contributed by atoms with Crippen LogP contribution < -0.4 is 21.7 Å². The Morgan fingerprint density at radius 2 is 1.88 bits per heavy atom. The summed E-state index contributed by atoms with van der Waals surface area (Å²) >= 11 is 0. The van der Waals surface area contributed by atoms with Crippen LogP contribution in [0.4, 0.5) is 0 Å². The number of nitrogens with two attached hydrogens (primary N) is 1. The van der Waals surface area contributed by atoms with Crippen LogP contribution in [0.1, 0.15) is 48.7 Å². The molecule has 6 N–H and O–H groups in total. The van der Waals surface area contributed by atoms with Gasteiger partial charge in [-0.3, -0.25) is 19.2 Å². The molecular weight excluding hydrogens is 462 g/mol. The van der Waals surface area contributed by atoms with E-state index in [4.69, 9.17) is 5.73 Å². The standard InChI is InChI=1S/C23H35N5O5.ClH/c1-13-7-8-18-10-17(13)6-5-9-25-19(30)12-28(23(33)15(3)24)11-14(2)26-22(32)20(16(4)29)27-21(18)31;/h7-8,10,14-16,20,29H,5-6,9,11-12,24H2,1-4H3,(H,25,30)(H,26,32)(H,27,31);1H/t14-,15+,16-,20+;/m1./s1. The summed E-state index contributed by atoms with van der Waals surface area (Å²) in [5, 5.41) is 18.2. The van der Waals surface area contributed by atoms with Crippen LogP contribution in [0.3, 0.4) is 0 Å². The number of nitrogens with zero attached hydrogens (tertiary/aromatic N) is 1. The van der Waals surface area contributed by atoms with Gasteiger partial charge in [0.05, 0.1) is 18.7 Å². The zero-order valence-corrected chi connectivity index (χ0v) is 20.9. The van der Waals surface area contributed by atoms with E-state index >= 15 is 0 Å². The minimum atomic E-state index is -1.19. The van der Waals surface area contributed by atoms with Gasteiger partial charge < -0.3 is 31.7 Å². The van der Waals surface area contributed by atoms with Crippen LogP contribution in [-0.2, 0) is 20.8 Å². The molecule has 190 valence electrons. The summed E-state index contributed by atoms with van der Waals surface area (Å²) < 4.78 is 0. The molecule has 0 unspecified atom stereocenters. The van der Waals surface area contributed by atoms with Crippen molar-refractivity contribution in [2.24, 2.45) is 5.73 Å². The lowest BCUT2D eigenvalue weighted by atomic mass is 10.00. The second kappa shape index (κ2) is 13.3. The van der Waals surface area contributed by atoms with Gasteiger partial charge in [0.25, 0.3) is 5.91 Å². The first-order valence-corrected chi connectivity index (χ1v) is 11.2. The van der Waals surface area contributed by atoms with Crippen LogP contribution in [-0.4, -0.2) is 77.5 Å². The third-order valence-corrected chi connectivity index (χ3v) is 5.53. The van der Waals surface area contributed by atoms with Crippen molar-refractivity contribution in [3.63, 3.8) is 0 Å². The molecule has 1 aromatic carbocycles. The lowest BCUT2D eigenvalue weighted by molar-refractivity contribution is -0.137. The Hall–Kier alpha value is -2.69. The van der Waals surface area contributed by atoms with E-state index in [2.05, 4.69) is 16.0 Å². The highest BCUT2D eigenvalue weighted by molar-refractivity contribution is 5.98. The number of benzene rings is 1. The monoisotopic (exact) mass is 497 g/mol. The smallest absolute Gasteiger partial charge is 0.252 e. The third kappa shape index (κ3) is 8.27. The molecule has 1 aliphatic rings. The molecule has 0 saturated carbocycles. The molecule has 0 fully saturated rings. The maximum absolute atomic E-state index is 12.8. The predicted octanol–water partition coefficient (Wildman–Crippen LogP) is -0.361. The number of hydrogen-bond acceptors (Lipinski definition) is 6. The van der Waals surface area contributed by atoms with Gasteiger partial charge in [0.2, 0.25) is 17.7 Å². The van der Waals surface area contributed by atoms with E-state index < -0.39 is 42.0 Å². The second-order valence-electron chi connectivity index (χ2n) is 8.70. The summed E-state index contributed by atoms with van der Waals surface area (Å²) in [6.45, 7) is 6.80. The number of nitrogens with one attached hydrogen (secondary N) is 3. The van der Waals surface area contributed by atoms with Crippen LogP contribution >= 0.6 is 12.4 Å². The quantitative estimate of drug-likeness (QED) is 0.376. The summed E-state index contributed by atoms with van der Waals surface area (Å²) in [6.07, 6.45) is 0.124. The first-order valence-electron chi connectivity index (χ1n) is 11.2. The number of rotatable bonds is 2. The zero-order valence-electron chi connectivity index (χ0n) is 20.1. The number of carbonyl (C=O) groups excluding carboxylic acids is 4. The van der Waals surface area contributed by atoms with Crippen molar-refractivity contribution in [1.82, 2.24) is 20.9 Å². The maximum Gasteiger partial charge on any atom is 0.252 e. The topological polar surface area (TPSA) is 154 Å². The molecule has 0 aliphatic carbocycles. The Labute approximate surface area is 206 Å². The Morgan fingerprint density at radius 1 is 1.21 bits per heavy atom. The van der Waals surface area contributed by atoms with Crippen LogP contribution in [0.2, 0.25) is 0 Å². The van der Waals surface area contributed by atoms with Crippen molar-refractivity contribution in [2.45, 2.75) is 64.8 Å². The van der Waals surface area contributed by atoms with Crippen LogP contribution in [0.5, 0.6) is 0 Å². The van der Waals surface area contributed by atoms with E-state index in [0.717, 1.165) is 11.1 Å². The summed E-state index contributed by atoms with van der Waals surface area (Å²) in [6, 6.07) is 2.69. The molecule has 34 heavy (non-hydrogen) atoms. The highest BCUT2D eigenvalue weighted by Crippen LogP contribution is 2.14. The van der Waals surface area contributed by atoms with Gasteiger partial charge in [-0.15, -0.1) is 12.4 Å². The molecule has 0 aromatic heterocycles. The van der Waals surface area contributed by atoms with E-state index in [1.54, 1.807) is 19.1 Å². The molecule has 1 aromatic rings. The van der Waals surface area contributed by atoms with E-state index in [1.807, 2.05) is 13.0 Å². The highest BCUT2D eigenvalue weighted by Gasteiger charge is 2.29. The fraction of sp³-hybridized carbons (Fsp3) is 0.565. The number of aliphatic hydroxyl groups excluding tert-OH is 1. The van der Waals surface area contributed by atoms with E-state index in [0.29, 0.717) is 24.9 Å². The Balaban J connectivity index is 0.00000578. The van der Waals surface area contributed by atoms with Crippen molar-refractivity contribution in [3.05, 3.63) is 34.9 Å². The maximum atomic E-state index is 12.8. The molecule has 0 spiro atoms. The van der Waals surface area contributed by atoms with E-state index in [9.17, 15) is 24.3 Å². The van der Waals surface area contributed by atoms with Crippen LogP contribution in [0.15, 0.2) is 18.2 Å². The second-order valence-corrected chi connectivity index (χ2v) is 8.70. The number of halogens is 1. The number of fused-ring (bicyclic) bond motifs is 2. The van der Waals surface area contributed by atoms with Gasteiger partial charge in [-0.1, -0.05) is 6.07 Å². The average molecular weight is 498 g/mol. The lowest BCUT2D eigenvalue weighted by Crippen LogP contribution is -2.57. The van der Waals surface area contributed by atoms with Crippen molar-refractivity contribution >= 4 is 36.0 Å². The zero-order chi connectivity index (χ0) is 24.7. The van der Waals surface area contributed by atoms with Crippen molar-refractivity contribution < 1.29 is 24.3 Å². The largest absolute Gasteiger partial charge is 0.391 e. The molecule has 1 aliphatic heterocycles. The number of hydrogen-bond donors (Lipinski definition) is 5. The SMILES string of the molecule is Cc1ccc2cc1CCCNC(=O)CN(C(=O)[C@H](C)N)C[C@@H](C)NC(=O)[C@H]([C@@H](C)O)NC2=O.Cl. The first kappa shape index (κ1) is 29.3. The molecule has 11 heteroatoms. The highest BCUT2D eigenvalue weighted by atomic mass is 35.5. The van der Waals surface area contributed by atoms with Gasteiger partial charge in [0.15, 0.2) is 0 Å². The van der Waals surface area contributed by atoms with Crippen LogP contribution in [0, 0.1) is 6.92 Å². The first-order chi connectivity index (χ1) is 15.5. The Morgan fingerprint density at radius 3 is 2.50 bits per heavy atom. The molecule has 10 nitrogen and oxygen atoms in total. The van der Waals surface area contributed by atoms with E-state index in [1.165, 1.54) is 18.7 Å². The van der Waals surface area contributed by atoms with Crippen molar-refractivity contribution in [2.75, 3.05) is 19.6 Å². The number of carbonyl (C=O) groups is 4. The van der Waals surface area contributed by atoms with Gasteiger partial charge in [-0.2, -0.15) is 0 Å². The fourth-order valence-electron chi connectivity index (χ4n) is 3.68. The van der Waals surface area contributed by atoms with Crippen molar-refractivity contribution in [3.8, 4) is 0 Å². The van der Waals surface area contributed by atoms with E-state index in [-0.39, 0.29) is 31.4 Å². The third-order valence-electron chi connectivity index (χ3n) is 5.53. The summed E-state index contributed by atoms with van der Waals surface area (Å²) in [5.41, 5.74) is 8.06. The summed E-state index contributed by atoms with van der Waals surface area (Å²) in [7, 11) is 0. The van der Waals surface area contributed by atoms with Gasteiger partial charge in [0, 0.05) is 24.7 Å². The minimum absolute atomic E-state index is 0. The fourth-order valence-corrected chi connectivity index (χ4v) is 3.68. The van der Waals surface area contributed by atoms with Gasteiger partial charge >= 0.3 is 0 Å². The number of amides is 4. The Kier molecular flexibility index (Phi) is 11.4. The minimum Gasteiger partial charge on any atom is -0.391 e. The molecule has 2 rings (SSSR count). The molecule has 4 amide bonds. The average Bonchev–Trinajstić information content (AvgIpc) is 2.73. The number of aliphatic hydroxyl groups is 1. The predicted molar refractivity (Wildman–Crippen MR) is 131 cm³/mol. The normalized spacial score (nSPS) is 22.3. The molecule has 1 heterocycles. The molecule has 0 saturated heterocycles. The molecule has 4 atom stereocenters. The molecule has 2 bridgehead atoms. The van der Waals surface area contributed by atoms with Gasteiger partial charge in [-0.25, -0.2) is 0 Å². The molecular formula is C23H36ClN5O5. The lowest BCUT2D eigenvalue weighted by Gasteiger charge is -2.29. The van der Waals surface area contributed by atoms with Crippen LogP contribution in [0.25, 0.3) is 0 Å². The summed E-state index contributed by atoms with van der Waals surface area (Å²) in [5.74, 6) is -1.82. The van der Waals surface area contributed by atoms with Gasteiger partial charge in [0.1, 0.15) is 6.04 Å². The number of aryl methyl sites for hydroxylation is 2. The molecule has 0 radical (unpaired) electrons. The Bertz CT molecular complexity index is 893. The summed E-state index contributed by atoms with van der Waals surface area (Å²) in [4.78, 5) is 51.9.